The van der Waals surface area contributed by atoms with Crippen LogP contribution in [0.3, 0.4) is 0 Å². The molecule has 106 valence electrons. The van der Waals surface area contributed by atoms with Crippen LogP contribution < -0.4 is 0 Å². The molecule has 4 aromatic rings. The molecule has 0 radical (unpaired) electrons. The topological polar surface area (TPSA) is 12.9 Å². The fraction of sp³-hybridized carbons (Fsp3) is 0.0500. The molecule has 4 rings (SSSR count). The molecule has 1 aromatic heterocycles. The molecule has 0 saturated carbocycles. The minimum Gasteiger partial charge on any atom is -0.236 e. The van der Waals surface area contributed by atoms with Crippen LogP contribution in [0.2, 0.25) is 0 Å². The van der Waals surface area contributed by atoms with E-state index in [1.807, 2.05) is 6.07 Å². The molecule has 0 bridgehead atoms. The zero-order valence-electron chi connectivity index (χ0n) is 12.3. The number of fused-ring (bicyclic) bond motifs is 1. The van der Waals surface area contributed by atoms with Crippen molar-refractivity contribution in [3.8, 4) is 21.7 Å². The molecule has 0 spiro atoms. The van der Waals surface area contributed by atoms with Gasteiger partial charge >= 0.3 is 0 Å². The highest BCUT2D eigenvalue weighted by atomic mass is 32.1. The van der Waals surface area contributed by atoms with Crippen molar-refractivity contribution in [2.45, 2.75) is 6.92 Å². The maximum atomic E-state index is 4.75. The molecule has 0 unspecified atom stereocenters. The molecule has 2 heteroatoms. The summed E-state index contributed by atoms with van der Waals surface area (Å²) in [5.74, 6) is 0. The molecule has 1 heterocycles. The molecule has 0 saturated heterocycles. The number of rotatable bonds is 2. The molecule has 0 aliphatic carbocycles. The summed E-state index contributed by atoms with van der Waals surface area (Å²) in [6.07, 6.45) is 0. The van der Waals surface area contributed by atoms with Gasteiger partial charge in [-0.2, -0.15) is 0 Å². The summed E-state index contributed by atoms with van der Waals surface area (Å²) >= 11 is 1.75. The Morgan fingerprint density at radius 1 is 0.727 bits per heavy atom. The van der Waals surface area contributed by atoms with E-state index < -0.39 is 0 Å². The van der Waals surface area contributed by atoms with Crippen LogP contribution in [-0.4, -0.2) is 4.98 Å². The van der Waals surface area contributed by atoms with Gasteiger partial charge in [0, 0.05) is 5.56 Å². The lowest BCUT2D eigenvalue weighted by atomic mass is 10.0. The Labute approximate surface area is 133 Å². The third-order valence-corrected chi connectivity index (χ3v) is 4.87. The second-order valence-electron chi connectivity index (χ2n) is 5.43. The molecule has 22 heavy (non-hydrogen) atoms. The first kappa shape index (κ1) is 13.2. The van der Waals surface area contributed by atoms with Crippen LogP contribution in [0, 0.1) is 6.92 Å². The molecule has 0 aliphatic heterocycles. The van der Waals surface area contributed by atoms with Crippen LogP contribution in [0.4, 0.5) is 0 Å². The second kappa shape index (κ2) is 5.39. The van der Waals surface area contributed by atoms with Gasteiger partial charge in [-0.15, -0.1) is 11.3 Å². The first-order chi connectivity index (χ1) is 10.8. The minimum atomic E-state index is 1.07. The first-order valence-corrected chi connectivity index (χ1v) is 8.14. The van der Waals surface area contributed by atoms with Crippen molar-refractivity contribution in [3.63, 3.8) is 0 Å². The van der Waals surface area contributed by atoms with E-state index >= 15 is 0 Å². The van der Waals surface area contributed by atoms with E-state index in [4.69, 9.17) is 4.98 Å². The van der Waals surface area contributed by atoms with Gasteiger partial charge in [-0.25, -0.2) is 4.98 Å². The third-order valence-electron chi connectivity index (χ3n) is 3.79. The SMILES string of the molecule is Cc1ccc(-c2cccc(-c3nc4ccccc4s3)c2)cc1. The molecular formula is C20H15NS. The fourth-order valence-electron chi connectivity index (χ4n) is 2.57. The van der Waals surface area contributed by atoms with Crippen molar-refractivity contribution in [1.82, 2.24) is 4.98 Å². The van der Waals surface area contributed by atoms with E-state index in [2.05, 4.69) is 73.7 Å². The van der Waals surface area contributed by atoms with E-state index in [9.17, 15) is 0 Å². The van der Waals surface area contributed by atoms with Crippen LogP contribution in [-0.2, 0) is 0 Å². The summed E-state index contributed by atoms with van der Waals surface area (Å²) in [6, 6.07) is 25.6. The van der Waals surface area contributed by atoms with Gasteiger partial charge in [0.15, 0.2) is 0 Å². The molecule has 0 N–H and O–H groups in total. The number of aromatic nitrogens is 1. The second-order valence-corrected chi connectivity index (χ2v) is 6.46. The van der Waals surface area contributed by atoms with Crippen LogP contribution >= 0.6 is 11.3 Å². The summed E-state index contributed by atoms with van der Waals surface area (Å²) in [6.45, 7) is 2.11. The number of hydrogen-bond donors (Lipinski definition) is 0. The standard InChI is InChI=1S/C20H15NS/c1-14-9-11-15(12-10-14)16-5-4-6-17(13-16)20-21-18-7-2-3-8-19(18)22-20/h2-13H,1H3. The smallest absolute Gasteiger partial charge is 0.124 e. The Hall–Kier alpha value is -2.45. The van der Waals surface area contributed by atoms with E-state index in [0.29, 0.717) is 0 Å². The Bertz CT molecular complexity index is 902. The zero-order chi connectivity index (χ0) is 14.9. The highest BCUT2D eigenvalue weighted by molar-refractivity contribution is 7.21. The van der Waals surface area contributed by atoms with E-state index in [0.717, 1.165) is 10.5 Å². The van der Waals surface area contributed by atoms with E-state index in [1.165, 1.54) is 27.0 Å². The molecule has 0 fully saturated rings. The number of benzene rings is 3. The van der Waals surface area contributed by atoms with Crippen molar-refractivity contribution < 1.29 is 0 Å². The Morgan fingerprint density at radius 3 is 2.32 bits per heavy atom. The van der Waals surface area contributed by atoms with Crippen LogP contribution in [0.5, 0.6) is 0 Å². The first-order valence-electron chi connectivity index (χ1n) is 7.33. The summed E-state index contributed by atoms with van der Waals surface area (Å²) < 4.78 is 1.23. The van der Waals surface area contributed by atoms with Crippen molar-refractivity contribution in [1.29, 1.82) is 0 Å². The van der Waals surface area contributed by atoms with E-state index in [1.54, 1.807) is 11.3 Å². The van der Waals surface area contributed by atoms with Gasteiger partial charge < -0.3 is 0 Å². The van der Waals surface area contributed by atoms with Gasteiger partial charge in [-0.05, 0) is 36.2 Å². The summed E-state index contributed by atoms with van der Waals surface area (Å²) in [4.78, 5) is 4.75. The van der Waals surface area contributed by atoms with Gasteiger partial charge in [-0.1, -0.05) is 60.2 Å². The highest BCUT2D eigenvalue weighted by Crippen LogP contribution is 2.32. The van der Waals surface area contributed by atoms with Gasteiger partial charge in [-0.3, -0.25) is 0 Å². The molecule has 0 atom stereocenters. The number of para-hydroxylation sites is 1. The number of hydrogen-bond acceptors (Lipinski definition) is 2. The maximum absolute atomic E-state index is 4.75. The lowest BCUT2D eigenvalue weighted by Gasteiger charge is -2.04. The molecule has 0 amide bonds. The van der Waals surface area contributed by atoms with Crippen molar-refractivity contribution in [2.24, 2.45) is 0 Å². The fourth-order valence-corrected chi connectivity index (χ4v) is 3.54. The normalized spacial score (nSPS) is 11.0. The number of aryl methyl sites for hydroxylation is 1. The lowest BCUT2D eigenvalue weighted by molar-refractivity contribution is 1.46. The minimum absolute atomic E-state index is 1.07. The van der Waals surface area contributed by atoms with Gasteiger partial charge in [0.1, 0.15) is 5.01 Å². The molecule has 0 aliphatic rings. The third kappa shape index (κ3) is 2.42. The Morgan fingerprint density at radius 2 is 1.50 bits per heavy atom. The van der Waals surface area contributed by atoms with Crippen LogP contribution in [0.1, 0.15) is 5.56 Å². The Balaban J connectivity index is 1.79. The summed E-state index contributed by atoms with van der Waals surface area (Å²) in [5, 5.41) is 1.08. The van der Waals surface area contributed by atoms with E-state index in [-0.39, 0.29) is 0 Å². The summed E-state index contributed by atoms with van der Waals surface area (Å²) in [7, 11) is 0. The lowest BCUT2D eigenvalue weighted by Crippen LogP contribution is -1.81. The monoisotopic (exact) mass is 301 g/mol. The quantitative estimate of drug-likeness (QED) is 0.446. The van der Waals surface area contributed by atoms with Gasteiger partial charge in [0.25, 0.3) is 0 Å². The van der Waals surface area contributed by atoms with Gasteiger partial charge in [0.05, 0.1) is 10.2 Å². The number of nitrogens with zero attached hydrogens (tertiary/aromatic N) is 1. The number of thiazole rings is 1. The van der Waals surface area contributed by atoms with Crippen molar-refractivity contribution >= 4 is 21.6 Å². The highest BCUT2D eigenvalue weighted by Gasteiger charge is 2.07. The van der Waals surface area contributed by atoms with Crippen LogP contribution in [0.25, 0.3) is 31.9 Å². The van der Waals surface area contributed by atoms with Crippen molar-refractivity contribution in [3.05, 3.63) is 78.4 Å². The van der Waals surface area contributed by atoms with Crippen molar-refractivity contribution in [2.75, 3.05) is 0 Å². The Kier molecular flexibility index (Phi) is 3.24. The predicted molar refractivity (Wildman–Crippen MR) is 95.2 cm³/mol. The van der Waals surface area contributed by atoms with Gasteiger partial charge in [0.2, 0.25) is 0 Å². The summed E-state index contributed by atoms with van der Waals surface area (Å²) in [5.41, 5.74) is 6.01. The predicted octanol–water partition coefficient (Wildman–Crippen LogP) is 5.94. The average Bonchev–Trinajstić information content (AvgIpc) is 3.00. The molecular weight excluding hydrogens is 286 g/mol. The zero-order valence-corrected chi connectivity index (χ0v) is 13.1. The van der Waals surface area contributed by atoms with Crippen LogP contribution in [0.15, 0.2) is 72.8 Å². The largest absolute Gasteiger partial charge is 0.236 e. The molecule has 1 nitrogen and oxygen atoms in total. The maximum Gasteiger partial charge on any atom is 0.124 e. The average molecular weight is 301 g/mol. The molecule has 3 aromatic carbocycles.